The molecule has 10 heteroatoms. The van der Waals surface area contributed by atoms with E-state index in [-0.39, 0.29) is 45.6 Å². The summed E-state index contributed by atoms with van der Waals surface area (Å²) in [6.07, 6.45) is 2.91. The molecule has 2 aromatic rings. The van der Waals surface area contributed by atoms with Gasteiger partial charge in [-0.05, 0) is 13.0 Å². The Morgan fingerprint density at radius 1 is 0.967 bits per heavy atom. The minimum Gasteiger partial charge on any atom is -0.249 e. The molecule has 140 valence electrons. The summed E-state index contributed by atoms with van der Waals surface area (Å²) in [6, 6.07) is 9.46. The van der Waals surface area contributed by atoms with Gasteiger partial charge in [0, 0.05) is 5.92 Å². The molecule has 2 unspecified atom stereocenters. The Hall–Kier alpha value is -4.98. The Bertz CT molecular complexity index is 1330. The molecule has 1 aliphatic carbocycles. The number of aliphatic imine (C=N–C) groups is 1. The van der Waals surface area contributed by atoms with E-state index in [0.29, 0.717) is 5.69 Å². The first-order valence-electron chi connectivity index (χ1n) is 8.57. The third-order valence-corrected chi connectivity index (χ3v) is 4.29. The van der Waals surface area contributed by atoms with Crippen molar-refractivity contribution in [2.75, 3.05) is 0 Å². The maximum Gasteiger partial charge on any atom is 0.177 e. The molecule has 30 heavy (non-hydrogen) atoms. The molecule has 0 spiro atoms. The van der Waals surface area contributed by atoms with E-state index in [1.165, 1.54) is 6.20 Å². The van der Waals surface area contributed by atoms with Crippen LogP contribution in [0.3, 0.4) is 0 Å². The van der Waals surface area contributed by atoms with Gasteiger partial charge in [-0.3, -0.25) is 0 Å². The molecule has 0 aromatic carbocycles. The van der Waals surface area contributed by atoms with Crippen LogP contribution in [0.2, 0.25) is 0 Å². The average Bonchev–Trinajstić information content (AvgIpc) is 2.89. The first-order valence-corrected chi connectivity index (χ1v) is 8.57. The van der Waals surface area contributed by atoms with E-state index >= 15 is 0 Å². The highest BCUT2D eigenvalue weighted by molar-refractivity contribution is 6.04. The summed E-state index contributed by atoms with van der Waals surface area (Å²) in [6.45, 7) is 3.32. The van der Waals surface area contributed by atoms with Crippen LogP contribution in [0.15, 0.2) is 17.3 Å². The largest absolute Gasteiger partial charge is 0.249 e. The minimum atomic E-state index is -0.752. The number of hydrogen-bond acceptors (Lipinski definition) is 10. The first-order chi connectivity index (χ1) is 14.5. The van der Waals surface area contributed by atoms with Gasteiger partial charge in [0.1, 0.15) is 47.1 Å². The fraction of sp³-hybridized carbons (Fsp3) is 0.200. The molecule has 0 fully saturated rings. The van der Waals surface area contributed by atoms with Gasteiger partial charge < -0.3 is 0 Å². The molecule has 2 aromatic heterocycles. The fourth-order valence-electron chi connectivity index (χ4n) is 2.79. The smallest absolute Gasteiger partial charge is 0.177 e. The Balaban J connectivity index is 2.39. The monoisotopic (exact) mass is 390 g/mol. The van der Waals surface area contributed by atoms with Crippen molar-refractivity contribution in [3.05, 3.63) is 40.7 Å². The number of allylic oxidation sites excluding steroid dienone is 1. The highest BCUT2D eigenvalue weighted by Gasteiger charge is 2.28. The summed E-state index contributed by atoms with van der Waals surface area (Å²) in [7, 11) is 0. The van der Waals surface area contributed by atoms with Gasteiger partial charge in [0.25, 0.3) is 0 Å². The third-order valence-electron chi connectivity index (χ3n) is 4.29. The number of nitrogens with zero attached hydrogens (tertiary/aromatic N) is 10. The Morgan fingerprint density at radius 3 is 2.27 bits per heavy atom. The molecule has 2 atom stereocenters. The Morgan fingerprint density at radius 2 is 1.67 bits per heavy atom. The Kier molecular flexibility index (Phi) is 5.24. The predicted molar refractivity (Wildman–Crippen MR) is 101 cm³/mol. The molecule has 0 N–H and O–H groups in total. The van der Waals surface area contributed by atoms with E-state index in [4.69, 9.17) is 5.26 Å². The summed E-state index contributed by atoms with van der Waals surface area (Å²) in [5.41, 5.74) is 0.860. The van der Waals surface area contributed by atoms with Crippen molar-refractivity contribution < 1.29 is 0 Å². The molecule has 0 amide bonds. The van der Waals surface area contributed by atoms with Crippen molar-refractivity contribution in [3.8, 4) is 41.7 Å². The molecule has 0 saturated heterocycles. The van der Waals surface area contributed by atoms with Crippen molar-refractivity contribution in [2.24, 2.45) is 10.9 Å². The van der Waals surface area contributed by atoms with Crippen LogP contribution in [0.5, 0.6) is 0 Å². The molecule has 3 rings (SSSR count). The summed E-state index contributed by atoms with van der Waals surface area (Å²) >= 11 is 0. The second-order valence-corrected chi connectivity index (χ2v) is 6.24. The van der Waals surface area contributed by atoms with E-state index in [2.05, 4.69) is 24.9 Å². The van der Waals surface area contributed by atoms with Crippen molar-refractivity contribution in [3.63, 3.8) is 0 Å². The van der Waals surface area contributed by atoms with Crippen molar-refractivity contribution >= 4 is 11.4 Å². The van der Waals surface area contributed by atoms with E-state index in [9.17, 15) is 21.0 Å². The van der Waals surface area contributed by atoms with Crippen LogP contribution in [0, 0.1) is 62.6 Å². The number of aromatic nitrogens is 4. The zero-order chi connectivity index (χ0) is 21.8. The van der Waals surface area contributed by atoms with Crippen LogP contribution in [-0.2, 0) is 0 Å². The number of rotatable bonds is 2. The van der Waals surface area contributed by atoms with Gasteiger partial charge in [0.15, 0.2) is 17.1 Å². The van der Waals surface area contributed by atoms with Crippen LogP contribution in [0.1, 0.15) is 48.2 Å². The topological polar surface area (TPSA) is 183 Å². The average molecular weight is 390 g/mol. The lowest BCUT2D eigenvalue weighted by Crippen LogP contribution is -2.08. The lowest BCUT2D eigenvalue weighted by Gasteiger charge is -2.10. The van der Waals surface area contributed by atoms with Gasteiger partial charge >= 0.3 is 0 Å². The molecule has 0 saturated carbocycles. The number of nitriles is 5. The molecular weight excluding hydrogens is 380 g/mol. The van der Waals surface area contributed by atoms with E-state index in [1.807, 2.05) is 30.3 Å². The van der Waals surface area contributed by atoms with Gasteiger partial charge in [-0.15, -0.1) is 0 Å². The number of hydrogen-bond donors (Lipinski definition) is 0. The third kappa shape index (κ3) is 3.32. The van der Waals surface area contributed by atoms with Gasteiger partial charge in [0.2, 0.25) is 0 Å². The van der Waals surface area contributed by atoms with Crippen molar-refractivity contribution in [1.29, 1.82) is 26.3 Å². The van der Waals surface area contributed by atoms with Gasteiger partial charge in [-0.1, -0.05) is 6.92 Å². The van der Waals surface area contributed by atoms with Crippen LogP contribution in [0.4, 0.5) is 0 Å². The molecule has 10 nitrogen and oxygen atoms in total. The van der Waals surface area contributed by atoms with Gasteiger partial charge in [-0.2, -0.15) is 26.3 Å². The van der Waals surface area contributed by atoms with Crippen LogP contribution >= 0.6 is 0 Å². The quantitative estimate of drug-likeness (QED) is 0.693. The predicted octanol–water partition coefficient (Wildman–Crippen LogP) is 2.13. The summed E-state index contributed by atoms with van der Waals surface area (Å²) in [4.78, 5) is 21.4. The minimum absolute atomic E-state index is 0.00755. The van der Waals surface area contributed by atoms with Crippen LogP contribution in [-0.4, -0.2) is 25.6 Å². The lowest BCUT2D eigenvalue weighted by molar-refractivity contribution is 0.886. The molecule has 0 aliphatic heterocycles. The van der Waals surface area contributed by atoms with Gasteiger partial charge in [-0.25, -0.2) is 24.9 Å². The normalized spacial score (nSPS) is 15.4. The molecular formula is C20H10N10. The van der Waals surface area contributed by atoms with Crippen molar-refractivity contribution in [2.45, 2.75) is 19.8 Å². The SMILES string of the molecule is CC(C#N)C(C#N)=NC1=CC(C)c2nc(C#N)c(C#N)nc2-c2nc(C#N)cnc21. The maximum atomic E-state index is 9.40. The maximum absolute atomic E-state index is 9.40. The first kappa shape index (κ1) is 19.8. The fourth-order valence-corrected chi connectivity index (χ4v) is 2.79. The molecule has 0 bridgehead atoms. The van der Waals surface area contributed by atoms with Gasteiger partial charge in [0.05, 0.1) is 29.6 Å². The van der Waals surface area contributed by atoms with Crippen molar-refractivity contribution in [1.82, 2.24) is 19.9 Å². The van der Waals surface area contributed by atoms with Crippen LogP contribution in [0.25, 0.3) is 17.1 Å². The number of fused-ring (bicyclic) bond motifs is 3. The van der Waals surface area contributed by atoms with Crippen LogP contribution < -0.4 is 0 Å². The summed E-state index contributed by atoms with van der Waals surface area (Å²) in [5, 5.41) is 46.4. The van der Waals surface area contributed by atoms with E-state index in [1.54, 1.807) is 19.9 Å². The lowest BCUT2D eigenvalue weighted by atomic mass is 10.0. The highest BCUT2D eigenvalue weighted by atomic mass is 14.9. The second-order valence-electron chi connectivity index (χ2n) is 6.24. The molecule has 0 radical (unpaired) electrons. The zero-order valence-electron chi connectivity index (χ0n) is 15.8. The Labute approximate surface area is 171 Å². The van der Waals surface area contributed by atoms with E-state index in [0.717, 1.165) is 0 Å². The molecule has 1 aliphatic rings. The standard InChI is InChI=1S/C20H10N10/c1-10-3-13(28-14(6-23)11(2)4-21)18-20(27-12(5-22)9-26-18)19-17(10)29-15(7-24)16(8-25)30-19/h3,9-11H,1-2H3. The second kappa shape index (κ2) is 7.95. The highest BCUT2D eigenvalue weighted by Crippen LogP contribution is 2.37. The summed E-state index contributed by atoms with van der Waals surface area (Å²) in [5.74, 6) is -1.19. The summed E-state index contributed by atoms with van der Waals surface area (Å²) < 4.78 is 0. The molecule has 2 heterocycles. The van der Waals surface area contributed by atoms with E-state index < -0.39 is 11.8 Å². The zero-order valence-corrected chi connectivity index (χ0v) is 15.8.